The van der Waals surface area contributed by atoms with Crippen LogP contribution in [-0.4, -0.2) is 36.2 Å². The van der Waals surface area contributed by atoms with Gasteiger partial charge in [-0.25, -0.2) is 9.59 Å². The molecular weight excluding hydrogens is 390 g/mol. The van der Waals surface area contributed by atoms with Crippen LogP contribution in [0.2, 0.25) is 0 Å². The van der Waals surface area contributed by atoms with Crippen LogP contribution in [0, 0.1) is 23.7 Å². The van der Waals surface area contributed by atoms with E-state index in [2.05, 4.69) is 13.5 Å². The fourth-order valence-electron chi connectivity index (χ4n) is 5.98. The number of rotatable bonds is 5. The monoisotopic (exact) mass is 423 g/mol. The Hall–Kier alpha value is -2.56. The maximum Gasteiger partial charge on any atom is 0.410 e. The van der Waals surface area contributed by atoms with Gasteiger partial charge in [0.2, 0.25) is 0 Å². The number of benzene rings is 1. The second-order valence-electron chi connectivity index (χ2n) is 9.26. The van der Waals surface area contributed by atoms with Gasteiger partial charge in [-0.15, -0.1) is 0 Å². The molecule has 0 aromatic heterocycles. The van der Waals surface area contributed by atoms with Crippen LogP contribution in [0.25, 0.3) is 0 Å². The van der Waals surface area contributed by atoms with Crippen LogP contribution in [0.1, 0.15) is 45.1 Å². The Balaban J connectivity index is 1.61. The summed E-state index contributed by atoms with van der Waals surface area (Å²) in [7, 11) is 0. The number of esters is 1. The van der Waals surface area contributed by atoms with Gasteiger partial charge in [0.05, 0.1) is 6.61 Å². The van der Waals surface area contributed by atoms with Gasteiger partial charge in [0.15, 0.2) is 0 Å². The summed E-state index contributed by atoms with van der Waals surface area (Å²) in [6.07, 6.45) is 5.34. The molecule has 0 spiro atoms. The number of nitrogens with zero attached hydrogens (tertiary/aromatic N) is 1. The molecule has 1 saturated carbocycles. The van der Waals surface area contributed by atoms with E-state index in [9.17, 15) is 9.59 Å². The van der Waals surface area contributed by atoms with E-state index in [1.807, 2.05) is 48.2 Å². The Kier molecular flexibility index (Phi) is 6.49. The SMILES string of the molecule is C=CC1=C(C(=O)OCC)C[C@@H]2C[C@@H](C)C[C@H]3[C@@H]2C[C@@H]1CN3C(=O)OCc1ccccc1. The van der Waals surface area contributed by atoms with Gasteiger partial charge >= 0.3 is 12.1 Å². The fraction of sp³-hybridized carbons (Fsp3) is 0.538. The maximum atomic E-state index is 13.2. The molecule has 31 heavy (non-hydrogen) atoms. The summed E-state index contributed by atoms with van der Waals surface area (Å²) in [5.74, 6) is 1.12. The third kappa shape index (κ3) is 4.41. The van der Waals surface area contributed by atoms with Gasteiger partial charge in [0, 0.05) is 24.1 Å². The van der Waals surface area contributed by atoms with Crippen molar-refractivity contribution in [2.24, 2.45) is 23.7 Å². The average molecular weight is 424 g/mol. The van der Waals surface area contributed by atoms with Gasteiger partial charge in [0.25, 0.3) is 0 Å². The summed E-state index contributed by atoms with van der Waals surface area (Å²) in [5, 5.41) is 0. The van der Waals surface area contributed by atoms with Crippen LogP contribution in [0.3, 0.4) is 0 Å². The molecule has 4 rings (SSSR count). The smallest absolute Gasteiger partial charge is 0.410 e. The first-order valence-electron chi connectivity index (χ1n) is 11.5. The zero-order valence-electron chi connectivity index (χ0n) is 18.6. The quantitative estimate of drug-likeness (QED) is 0.617. The Labute approximate surface area is 185 Å². The minimum absolute atomic E-state index is 0.0980. The number of allylic oxidation sites excluding steroid dienone is 1. The zero-order chi connectivity index (χ0) is 22.0. The molecule has 1 aromatic rings. The van der Waals surface area contributed by atoms with Crippen molar-refractivity contribution < 1.29 is 19.1 Å². The molecule has 5 atom stereocenters. The summed E-state index contributed by atoms with van der Waals surface area (Å²) < 4.78 is 11.1. The standard InChI is InChI=1S/C26H33NO4/c1-4-21-20-14-22-19(13-23(21)25(28)30-5-2)11-17(3)12-24(22)27(15-20)26(29)31-16-18-9-7-6-8-10-18/h4,6-10,17,19-20,22,24H,1,5,11-16H2,2-3H3/t17-,19+,20-,22-,24+/m1/s1. The highest BCUT2D eigenvalue weighted by Gasteiger charge is 2.49. The van der Waals surface area contributed by atoms with Gasteiger partial charge in [0.1, 0.15) is 6.61 Å². The zero-order valence-corrected chi connectivity index (χ0v) is 18.6. The van der Waals surface area contributed by atoms with E-state index in [0.29, 0.717) is 30.9 Å². The van der Waals surface area contributed by atoms with Crippen molar-refractivity contribution >= 4 is 12.1 Å². The number of piperidine rings is 1. The molecule has 0 unspecified atom stereocenters. The van der Waals surface area contributed by atoms with E-state index >= 15 is 0 Å². The molecule has 2 bridgehead atoms. The van der Waals surface area contributed by atoms with Crippen molar-refractivity contribution in [3.8, 4) is 0 Å². The molecule has 1 saturated heterocycles. The first-order chi connectivity index (χ1) is 15.0. The van der Waals surface area contributed by atoms with Gasteiger partial charge in [-0.1, -0.05) is 49.9 Å². The molecule has 5 nitrogen and oxygen atoms in total. The van der Waals surface area contributed by atoms with Crippen LogP contribution >= 0.6 is 0 Å². The van der Waals surface area contributed by atoms with E-state index in [4.69, 9.17) is 9.47 Å². The Morgan fingerprint density at radius 1 is 1.16 bits per heavy atom. The maximum absolute atomic E-state index is 13.2. The first-order valence-corrected chi connectivity index (χ1v) is 11.5. The lowest BCUT2D eigenvalue weighted by Crippen LogP contribution is -2.55. The second-order valence-corrected chi connectivity index (χ2v) is 9.26. The van der Waals surface area contributed by atoms with Crippen molar-refractivity contribution in [1.82, 2.24) is 4.90 Å². The number of ether oxygens (including phenoxy) is 2. The average Bonchev–Trinajstić information content (AvgIpc) is 2.91. The van der Waals surface area contributed by atoms with E-state index in [-0.39, 0.29) is 30.6 Å². The van der Waals surface area contributed by atoms with Crippen LogP contribution in [0.15, 0.2) is 54.1 Å². The summed E-state index contributed by atoms with van der Waals surface area (Å²) in [6, 6.07) is 9.95. The second kappa shape index (κ2) is 9.29. The number of carbonyl (C=O) groups excluding carboxylic acids is 2. The van der Waals surface area contributed by atoms with Crippen molar-refractivity contribution in [2.75, 3.05) is 13.2 Å². The molecular formula is C26H33NO4. The lowest BCUT2D eigenvalue weighted by Gasteiger charge is -2.50. The van der Waals surface area contributed by atoms with Crippen molar-refractivity contribution in [3.63, 3.8) is 0 Å². The first kappa shape index (κ1) is 21.7. The van der Waals surface area contributed by atoms with Crippen LogP contribution in [0.5, 0.6) is 0 Å². The molecule has 5 heteroatoms. The van der Waals surface area contributed by atoms with Gasteiger partial charge < -0.3 is 14.4 Å². The third-order valence-corrected chi connectivity index (χ3v) is 7.26. The van der Waals surface area contributed by atoms with Gasteiger partial charge in [-0.3, -0.25) is 0 Å². The predicted molar refractivity (Wildman–Crippen MR) is 119 cm³/mol. The number of hydrogen-bond donors (Lipinski definition) is 0. The van der Waals surface area contributed by atoms with Crippen molar-refractivity contribution in [3.05, 3.63) is 59.7 Å². The molecule has 1 aromatic carbocycles. The lowest BCUT2D eigenvalue weighted by atomic mass is 9.66. The topological polar surface area (TPSA) is 55.8 Å². The summed E-state index contributed by atoms with van der Waals surface area (Å²) in [5.41, 5.74) is 2.71. The molecule has 2 aliphatic carbocycles. The highest BCUT2D eigenvalue weighted by Crippen LogP contribution is 2.50. The number of hydrogen-bond acceptors (Lipinski definition) is 4. The Morgan fingerprint density at radius 2 is 1.94 bits per heavy atom. The molecule has 0 N–H and O–H groups in total. The molecule has 166 valence electrons. The summed E-state index contributed by atoms with van der Waals surface area (Å²) in [6.45, 7) is 9.31. The van der Waals surface area contributed by atoms with Crippen molar-refractivity contribution in [2.45, 2.75) is 52.2 Å². The normalized spacial score (nSPS) is 29.7. The van der Waals surface area contributed by atoms with E-state index < -0.39 is 0 Å². The molecule has 1 amide bonds. The minimum atomic E-state index is -0.251. The highest BCUT2D eigenvalue weighted by atomic mass is 16.6. The van der Waals surface area contributed by atoms with E-state index in [1.54, 1.807) is 0 Å². The molecule has 2 fully saturated rings. The van der Waals surface area contributed by atoms with E-state index in [0.717, 1.165) is 42.4 Å². The third-order valence-electron chi connectivity index (χ3n) is 7.26. The van der Waals surface area contributed by atoms with Crippen LogP contribution in [-0.2, 0) is 20.9 Å². The van der Waals surface area contributed by atoms with Crippen LogP contribution < -0.4 is 0 Å². The van der Waals surface area contributed by atoms with Crippen molar-refractivity contribution in [1.29, 1.82) is 0 Å². The predicted octanol–water partition coefficient (Wildman–Crippen LogP) is 5.13. The highest BCUT2D eigenvalue weighted by molar-refractivity contribution is 5.90. The summed E-state index contributed by atoms with van der Waals surface area (Å²) >= 11 is 0. The molecule has 3 aliphatic rings. The summed E-state index contributed by atoms with van der Waals surface area (Å²) in [4.78, 5) is 27.9. The molecule has 0 radical (unpaired) electrons. The number of amides is 1. The minimum Gasteiger partial charge on any atom is -0.463 e. The van der Waals surface area contributed by atoms with Crippen LogP contribution in [0.4, 0.5) is 4.79 Å². The number of likely N-dealkylation sites (tertiary alicyclic amines) is 1. The fourth-order valence-corrected chi connectivity index (χ4v) is 5.98. The van der Waals surface area contributed by atoms with Gasteiger partial charge in [-0.2, -0.15) is 0 Å². The number of carbonyl (C=O) groups is 2. The largest absolute Gasteiger partial charge is 0.463 e. The lowest BCUT2D eigenvalue weighted by molar-refractivity contribution is -0.138. The molecule has 1 aliphatic heterocycles. The Bertz CT molecular complexity index is 861. The Morgan fingerprint density at radius 3 is 2.65 bits per heavy atom. The number of fused-ring (bicyclic) bond motifs is 1. The van der Waals surface area contributed by atoms with Gasteiger partial charge in [-0.05, 0) is 61.5 Å². The van der Waals surface area contributed by atoms with E-state index in [1.165, 1.54) is 0 Å². The molecule has 1 heterocycles.